The van der Waals surface area contributed by atoms with Crippen LogP contribution in [0.3, 0.4) is 0 Å². The van der Waals surface area contributed by atoms with Gasteiger partial charge in [-0.3, -0.25) is 0 Å². The Morgan fingerprint density at radius 2 is 1.50 bits per heavy atom. The SMILES string of the molecule is C#CC(C)(C)C.O=C(O)O. The predicted octanol–water partition coefficient (Wildman–Crippen LogP) is 1.89. The minimum atomic E-state index is -1.83. The van der Waals surface area contributed by atoms with Gasteiger partial charge in [0.25, 0.3) is 0 Å². The Kier molecular flexibility index (Phi) is 5.44. The van der Waals surface area contributed by atoms with Gasteiger partial charge in [0, 0.05) is 5.41 Å². The van der Waals surface area contributed by atoms with Gasteiger partial charge in [-0.1, -0.05) is 0 Å². The van der Waals surface area contributed by atoms with E-state index < -0.39 is 6.16 Å². The third-order valence-electron chi connectivity index (χ3n) is 0.433. The van der Waals surface area contributed by atoms with Crippen molar-refractivity contribution >= 4 is 6.16 Å². The van der Waals surface area contributed by atoms with Crippen LogP contribution in [0.2, 0.25) is 0 Å². The number of carboxylic acid groups (broad SMARTS) is 2. The number of hydrogen-bond donors (Lipinski definition) is 2. The molecule has 0 aliphatic heterocycles. The molecule has 0 radical (unpaired) electrons. The standard InChI is InChI=1S/C6H10.CH2O3/c1-5-6(2,3)4;2-1(3)4/h1H,2-4H3;(H2,2,3,4). The summed E-state index contributed by atoms with van der Waals surface area (Å²) in [6, 6.07) is 0. The Balaban J connectivity index is 0. The first-order valence-electron chi connectivity index (χ1n) is 2.69. The van der Waals surface area contributed by atoms with Crippen LogP contribution in [0, 0.1) is 17.8 Å². The molecule has 10 heavy (non-hydrogen) atoms. The Morgan fingerprint density at radius 3 is 1.50 bits per heavy atom. The van der Waals surface area contributed by atoms with Gasteiger partial charge in [0.15, 0.2) is 0 Å². The maximum Gasteiger partial charge on any atom is 0.503 e. The molecular weight excluding hydrogens is 132 g/mol. The summed E-state index contributed by atoms with van der Waals surface area (Å²) in [5.74, 6) is 2.60. The van der Waals surface area contributed by atoms with E-state index in [4.69, 9.17) is 21.4 Å². The number of rotatable bonds is 0. The van der Waals surface area contributed by atoms with Gasteiger partial charge >= 0.3 is 6.16 Å². The Labute approximate surface area is 60.7 Å². The molecule has 0 atom stereocenters. The van der Waals surface area contributed by atoms with Crippen molar-refractivity contribution in [1.29, 1.82) is 0 Å². The fourth-order valence-corrected chi connectivity index (χ4v) is 0. The smallest absolute Gasteiger partial charge is 0.450 e. The van der Waals surface area contributed by atoms with Crippen molar-refractivity contribution in [2.24, 2.45) is 5.41 Å². The molecule has 0 spiro atoms. The molecule has 0 aliphatic carbocycles. The molecule has 0 aromatic rings. The largest absolute Gasteiger partial charge is 0.503 e. The third-order valence-corrected chi connectivity index (χ3v) is 0.433. The summed E-state index contributed by atoms with van der Waals surface area (Å²) in [4.78, 5) is 8.56. The topological polar surface area (TPSA) is 57.5 Å². The highest BCUT2D eigenvalue weighted by atomic mass is 16.6. The normalized spacial score (nSPS) is 8.60. The van der Waals surface area contributed by atoms with Crippen LogP contribution in [0.5, 0.6) is 0 Å². The van der Waals surface area contributed by atoms with E-state index in [0.29, 0.717) is 0 Å². The molecular formula is C7H12O3. The molecule has 2 N–H and O–H groups in total. The van der Waals surface area contributed by atoms with Crippen LogP contribution in [0.25, 0.3) is 0 Å². The van der Waals surface area contributed by atoms with Gasteiger partial charge in [-0.15, -0.1) is 12.3 Å². The van der Waals surface area contributed by atoms with Gasteiger partial charge in [-0.05, 0) is 20.8 Å². The quantitative estimate of drug-likeness (QED) is 0.510. The van der Waals surface area contributed by atoms with Gasteiger partial charge < -0.3 is 10.2 Å². The van der Waals surface area contributed by atoms with Gasteiger partial charge in [-0.25, -0.2) is 4.79 Å². The van der Waals surface area contributed by atoms with Crippen molar-refractivity contribution in [2.75, 3.05) is 0 Å². The lowest BCUT2D eigenvalue weighted by Crippen LogP contribution is -1.97. The van der Waals surface area contributed by atoms with E-state index in [1.165, 1.54) is 0 Å². The summed E-state index contributed by atoms with van der Waals surface area (Å²) in [6.07, 6.45) is 3.22. The van der Waals surface area contributed by atoms with Crippen LogP contribution in [0.1, 0.15) is 20.8 Å². The molecule has 58 valence electrons. The number of carbonyl (C=O) groups is 1. The average molecular weight is 144 g/mol. The second-order valence-electron chi connectivity index (χ2n) is 2.68. The van der Waals surface area contributed by atoms with Crippen molar-refractivity contribution in [3.05, 3.63) is 0 Å². The maximum atomic E-state index is 8.56. The van der Waals surface area contributed by atoms with E-state index in [1.54, 1.807) is 0 Å². The number of hydrogen-bond acceptors (Lipinski definition) is 1. The van der Waals surface area contributed by atoms with Crippen molar-refractivity contribution in [3.63, 3.8) is 0 Å². The zero-order valence-corrected chi connectivity index (χ0v) is 6.38. The summed E-state index contributed by atoms with van der Waals surface area (Å²) in [6.45, 7) is 6.02. The zero-order valence-electron chi connectivity index (χ0n) is 6.38. The molecule has 0 heterocycles. The van der Waals surface area contributed by atoms with Crippen LogP contribution >= 0.6 is 0 Å². The fraction of sp³-hybridized carbons (Fsp3) is 0.571. The van der Waals surface area contributed by atoms with E-state index in [2.05, 4.69) is 5.92 Å². The summed E-state index contributed by atoms with van der Waals surface area (Å²) in [7, 11) is 0. The molecule has 0 aromatic carbocycles. The van der Waals surface area contributed by atoms with E-state index in [1.807, 2.05) is 20.8 Å². The van der Waals surface area contributed by atoms with Crippen LogP contribution < -0.4 is 0 Å². The van der Waals surface area contributed by atoms with E-state index >= 15 is 0 Å². The minimum absolute atomic E-state index is 0.0694. The van der Waals surface area contributed by atoms with Crippen LogP contribution in [-0.4, -0.2) is 16.4 Å². The summed E-state index contributed by atoms with van der Waals surface area (Å²) >= 11 is 0. The molecule has 0 rings (SSSR count). The monoisotopic (exact) mass is 144 g/mol. The highest BCUT2D eigenvalue weighted by Crippen LogP contribution is 2.08. The molecule has 0 aromatic heterocycles. The van der Waals surface area contributed by atoms with E-state index in [9.17, 15) is 0 Å². The maximum absolute atomic E-state index is 8.56. The second-order valence-corrected chi connectivity index (χ2v) is 2.68. The Bertz CT molecular complexity index is 132. The average Bonchev–Trinajstić information content (AvgIpc) is 1.63. The highest BCUT2D eigenvalue weighted by molar-refractivity contribution is 5.53. The van der Waals surface area contributed by atoms with Crippen molar-refractivity contribution in [2.45, 2.75) is 20.8 Å². The lowest BCUT2D eigenvalue weighted by Gasteiger charge is -2.04. The molecule has 0 saturated carbocycles. The van der Waals surface area contributed by atoms with Gasteiger partial charge in [-0.2, -0.15) is 0 Å². The molecule has 0 amide bonds. The first kappa shape index (κ1) is 11.6. The lowest BCUT2D eigenvalue weighted by molar-refractivity contribution is 0.137. The molecule has 0 saturated heterocycles. The van der Waals surface area contributed by atoms with Crippen LogP contribution in [0.4, 0.5) is 4.79 Å². The first-order chi connectivity index (χ1) is 4.29. The van der Waals surface area contributed by atoms with Crippen molar-refractivity contribution in [1.82, 2.24) is 0 Å². The van der Waals surface area contributed by atoms with E-state index in [-0.39, 0.29) is 5.41 Å². The summed E-state index contributed by atoms with van der Waals surface area (Å²) in [5.41, 5.74) is 0.0694. The number of terminal acetylenes is 1. The summed E-state index contributed by atoms with van der Waals surface area (Å²) < 4.78 is 0. The van der Waals surface area contributed by atoms with Crippen molar-refractivity contribution in [3.8, 4) is 12.3 Å². The van der Waals surface area contributed by atoms with Crippen molar-refractivity contribution < 1.29 is 15.0 Å². The van der Waals surface area contributed by atoms with Crippen LogP contribution in [-0.2, 0) is 0 Å². The highest BCUT2D eigenvalue weighted by Gasteiger charge is 2.00. The van der Waals surface area contributed by atoms with Crippen LogP contribution in [0.15, 0.2) is 0 Å². The third kappa shape index (κ3) is 69.3. The molecule has 3 nitrogen and oxygen atoms in total. The predicted molar refractivity (Wildman–Crippen MR) is 38.9 cm³/mol. The molecule has 0 bridgehead atoms. The lowest BCUT2D eigenvalue weighted by atomic mass is 9.99. The summed E-state index contributed by atoms with van der Waals surface area (Å²) in [5, 5.41) is 13.9. The Morgan fingerprint density at radius 1 is 1.40 bits per heavy atom. The van der Waals surface area contributed by atoms with Gasteiger partial charge in [0.05, 0.1) is 0 Å². The van der Waals surface area contributed by atoms with Gasteiger partial charge in [0.2, 0.25) is 0 Å². The molecule has 0 aliphatic rings. The molecule has 0 unspecified atom stereocenters. The molecule has 3 heteroatoms. The Hall–Kier alpha value is -1.17. The van der Waals surface area contributed by atoms with Gasteiger partial charge in [0.1, 0.15) is 0 Å². The minimum Gasteiger partial charge on any atom is -0.450 e. The van der Waals surface area contributed by atoms with E-state index in [0.717, 1.165) is 0 Å². The second kappa shape index (κ2) is 4.68. The molecule has 0 fully saturated rings. The fourth-order valence-electron chi connectivity index (χ4n) is 0. The zero-order chi connectivity index (χ0) is 8.78. The first-order valence-corrected chi connectivity index (χ1v) is 2.69.